The summed E-state index contributed by atoms with van der Waals surface area (Å²) in [4.78, 5) is 10.3. The Morgan fingerprint density at radius 2 is 2.21 bits per heavy atom. The molecule has 5 nitrogen and oxygen atoms in total. The molecule has 0 aliphatic rings. The molecule has 3 N–H and O–H groups in total. The van der Waals surface area contributed by atoms with Crippen molar-refractivity contribution >= 4 is 11.8 Å². The monoisotopic (exact) mass is 193 g/mol. The highest BCUT2D eigenvalue weighted by molar-refractivity contribution is 5.79. The highest BCUT2D eigenvalue weighted by Crippen LogP contribution is 2.09. The van der Waals surface area contributed by atoms with E-state index in [1.54, 1.807) is 6.20 Å². The van der Waals surface area contributed by atoms with Crippen molar-refractivity contribution in [3.05, 3.63) is 17.5 Å². The van der Waals surface area contributed by atoms with Crippen LogP contribution in [-0.4, -0.2) is 29.9 Å². The molecule has 0 fully saturated rings. The predicted molar refractivity (Wildman–Crippen MR) is 56.7 cm³/mol. The van der Waals surface area contributed by atoms with E-state index < -0.39 is 0 Å². The van der Waals surface area contributed by atoms with Crippen molar-refractivity contribution in [3.63, 3.8) is 0 Å². The molecule has 0 unspecified atom stereocenters. The molecule has 76 valence electrons. The molecule has 0 saturated heterocycles. The van der Waals surface area contributed by atoms with E-state index in [2.05, 4.69) is 9.97 Å². The molecule has 1 heterocycles. The second-order valence-corrected chi connectivity index (χ2v) is 3.38. The van der Waals surface area contributed by atoms with Gasteiger partial charge in [-0.3, -0.25) is 5.41 Å². The van der Waals surface area contributed by atoms with Crippen LogP contribution in [0.2, 0.25) is 0 Å². The number of hydrogen-bond donors (Lipinski definition) is 2. The van der Waals surface area contributed by atoms with Gasteiger partial charge in [0.25, 0.3) is 0 Å². The van der Waals surface area contributed by atoms with Gasteiger partial charge in [0.15, 0.2) is 0 Å². The molecule has 1 aromatic rings. The number of aryl methyl sites for hydroxylation is 1. The third-order valence-corrected chi connectivity index (χ3v) is 1.85. The van der Waals surface area contributed by atoms with Crippen LogP contribution in [0, 0.1) is 12.3 Å². The van der Waals surface area contributed by atoms with E-state index in [9.17, 15) is 0 Å². The van der Waals surface area contributed by atoms with Crippen LogP contribution in [0.4, 0.5) is 5.95 Å². The summed E-state index contributed by atoms with van der Waals surface area (Å²) < 4.78 is 0. The van der Waals surface area contributed by atoms with Gasteiger partial charge < -0.3 is 10.6 Å². The van der Waals surface area contributed by atoms with Crippen molar-refractivity contribution < 1.29 is 0 Å². The topological polar surface area (TPSA) is 78.9 Å². The normalized spacial score (nSPS) is 9.93. The average molecular weight is 193 g/mol. The summed E-state index contributed by atoms with van der Waals surface area (Å²) in [7, 11) is 3.78. The Morgan fingerprint density at radius 3 is 2.64 bits per heavy atom. The largest absolute Gasteiger partial charge is 0.387 e. The van der Waals surface area contributed by atoms with Crippen molar-refractivity contribution in [2.24, 2.45) is 5.73 Å². The fraction of sp³-hybridized carbons (Fsp3) is 0.444. The second-order valence-electron chi connectivity index (χ2n) is 3.38. The second kappa shape index (κ2) is 4.04. The van der Waals surface area contributed by atoms with Crippen LogP contribution in [0.5, 0.6) is 0 Å². The molecule has 0 atom stereocenters. The minimum absolute atomic E-state index is 0.134. The highest BCUT2D eigenvalue weighted by Gasteiger charge is 2.05. The lowest BCUT2D eigenvalue weighted by molar-refractivity contribution is 0.954. The van der Waals surface area contributed by atoms with E-state index in [4.69, 9.17) is 11.1 Å². The van der Waals surface area contributed by atoms with Gasteiger partial charge in [-0.1, -0.05) is 0 Å². The molecule has 0 spiro atoms. The van der Waals surface area contributed by atoms with Gasteiger partial charge in [-0.2, -0.15) is 0 Å². The number of aromatic nitrogens is 2. The Bertz CT molecular complexity index is 345. The summed E-state index contributed by atoms with van der Waals surface area (Å²) in [6.07, 6.45) is 2.14. The van der Waals surface area contributed by atoms with E-state index in [0.717, 1.165) is 11.3 Å². The maximum Gasteiger partial charge on any atom is 0.224 e. The first-order valence-electron chi connectivity index (χ1n) is 4.33. The van der Waals surface area contributed by atoms with Crippen LogP contribution in [-0.2, 0) is 6.42 Å². The molecule has 5 heteroatoms. The summed E-state index contributed by atoms with van der Waals surface area (Å²) in [5, 5.41) is 7.18. The minimum Gasteiger partial charge on any atom is -0.387 e. The first-order chi connectivity index (χ1) is 6.50. The molecule has 0 aliphatic carbocycles. The van der Waals surface area contributed by atoms with Crippen LogP contribution in [0.15, 0.2) is 6.20 Å². The van der Waals surface area contributed by atoms with Crippen LogP contribution in [0.3, 0.4) is 0 Å². The number of anilines is 1. The third kappa shape index (κ3) is 2.42. The van der Waals surface area contributed by atoms with E-state index in [1.165, 1.54) is 0 Å². The number of nitrogens with zero attached hydrogens (tertiary/aromatic N) is 3. The Hall–Kier alpha value is -1.65. The SMILES string of the molecule is Cc1nc(N(C)C)ncc1CC(=N)N. The van der Waals surface area contributed by atoms with Gasteiger partial charge in [0, 0.05) is 32.4 Å². The fourth-order valence-corrected chi connectivity index (χ4v) is 1.07. The van der Waals surface area contributed by atoms with E-state index >= 15 is 0 Å². The lowest BCUT2D eigenvalue weighted by atomic mass is 10.2. The Kier molecular flexibility index (Phi) is 3.01. The zero-order chi connectivity index (χ0) is 10.7. The van der Waals surface area contributed by atoms with Crippen LogP contribution in [0.1, 0.15) is 11.3 Å². The molecule has 1 rings (SSSR count). The van der Waals surface area contributed by atoms with Crippen LogP contribution >= 0.6 is 0 Å². The summed E-state index contributed by atoms with van der Waals surface area (Å²) in [6, 6.07) is 0. The van der Waals surface area contributed by atoms with Crippen molar-refractivity contribution in [2.45, 2.75) is 13.3 Å². The first-order valence-corrected chi connectivity index (χ1v) is 4.33. The van der Waals surface area contributed by atoms with Crippen molar-refractivity contribution in [3.8, 4) is 0 Å². The van der Waals surface area contributed by atoms with Gasteiger partial charge >= 0.3 is 0 Å². The lowest BCUT2D eigenvalue weighted by Gasteiger charge is -2.11. The highest BCUT2D eigenvalue weighted by atomic mass is 15.2. The molecular formula is C9H15N5. The van der Waals surface area contributed by atoms with E-state index in [0.29, 0.717) is 12.4 Å². The van der Waals surface area contributed by atoms with Crippen molar-refractivity contribution in [1.82, 2.24) is 9.97 Å². The van der Waals surface area contributed by atoms with Gasteiger partial charge in [0.2, 0.25) is 5.95 Å². The summed E-state index contributed by atoms with van der Waals surface area (Å²) in [5.74, 6) is 0.809. The Morgan fingerprint density at radius 1 is 1.57 bits per heavy atom. The molecule has 1 aromatic heterocycles. The van der Waals surface area contributed by atoms with Crippen molar-refractivity contribution in [1.29, 1.82) is 5.41 Å². The first kappa shape index (κ1) is 10.4. The van der Waals surface area contributed by atoms with Crippen LogP contribution in [0.25, 0.3) is 0 Å². The van der Waals surface area contributed by atoms with Gasteiger partial charge in [-0.05, 0) is 12.5 Å². The number of hydrogen-bond acceptors (Lipinski definition) is 4. The minimum atomic E-state index is 0.134. The van der Waals surface area contributed by atoms with Gasteiger partial charge in [-0.15, -0.1) is 0 Å². The Balaban J connectivity index is 2.95. The number of amidine groups is 1. The maximum absolute atomic E-state index is 7.18. The van der Waals surface area contributed by atoms with E-state index in [1.807, 2.05) is 25.9 Å². The third-order valence-electron chi connectivity index (χ3n) is 1.85. The van der Waals surface area contributed by atoms with Crippen molar-refractivity contribution in [2.75, 3.05) is 19.0 Å². The molecule has 0 aromatic carbocycles. The number of nitrogens with two attached hydrogens (primary N) is 1. The summed E-state index contributed by atoms with van der Waals surface area (Å²) in [5.41, 5.74) is 7.09. The molecule has 0 radical (unpaired) electrons. The zero-order valence-corrected chi connectivity index (χ0v) is 8.70. The van der Waals surface area contributed by atoms with E-state index in [-0.39, 0.29) is 5.84 Å². The van der Waals surface area contributed by atoms with Gasteiger partial charge in [0.05, 0.1) is 5.84 Å². The smallest absolute Gasteiger partial charge is 0.224 e. The zero-order valence-electron chi connectivity index (χ0n) is 8.70. The number of rotatable bonds is 3. The van der Waals surface area contributed by atoms with Gasteiger partial charge in [-0.25, -0.2) is 9.97 Å². The summed E-state index contributed by atoms with van der Waals surface area (Å²) in [6.45, 7) is 1.90. The maximum atomic E-state index is 7.18. The number of nitrogens with one attached hydrogen (secondary N) is 1. The fourth-order valence-electron chi connectivity index (χ4n) is 1.07. The quantitative estimate of drug-likeness (QED) is 0.535. The molecule has 0 amide bonds. The molecule has 0 saturated carbocycles. The Labute approximate surface area is 83.5 Å². The van der Waals surface area contributed by atoms with Crippen LogP contribution < -0.4 is 10.6 Å². The molecule has 0 bridgehead atoms. The molecule has 0 aliphatic heterocycles. The standard InChI is InChI=1S/C9H15N5/c1-6-7(4-8(10)11)5-12-9(13-6)14(2)3/h5H,4H2,1-3H3,(H3,10,11). The average Bonchev–Trinajstić information content (AvgIpc) is 2.07. The predicted octanol–water partition coefficient (Wildman–Crippen LogP) is 0.329. The molecular weight excluding hydrogens is 178 g/mol. The lowest BCUT2D eigenvalue weighted by Crippen LogP contribution is -2.17. The van der Waals surface area contributed by atoms with Gasteiger partial charge in [0.1, 0.15) is 0 Å². The summed E-state index contributed by atoms with van der Waals surface area (Å²) >= 11 is 0. The molecule has 14 heavy (non-hydrogen) atoms.